The molecule has 24 heavy (non-hydrogen) atoms. The summed E-state index contributed by atoms with van der Waals surface area (Å²) in [6.07, 6.45) is -4.75. The van der Waals surface area contributed by atoms with Gasteiger partial charge in [-0.1, -0.05) is 12.1 Å². The summed E-state index contributed by atoms with van der Waals surface area (Å²) in [7, 11) is 1.55. The number of alkyl halides is 3. The lowest BCUT2D eigenvalue weighted by atomic mass is 10.2. The summed E-state index contributed by atoms with van der Waals surface area (Å²) in [4.78, 5) is 13.7. The van der Waals surface area contributed by atoms with E-state index in [1.54, 1.807) is 23.9 Å². The zero-order valence-corrected chi connectivity index (χ0v) is 12.7. The number of nitrogens with zero attached hydrogens (tertiary/aromatic N) is 3. The van der Waals surface area contributed by atoms with Crippen LogP contribution in [-0.4, -0.2) is 40.6 Å². The van der Waals surface area contributed by atoms with E-state index >= 15 is 0 Å². The molecule has 0 aliphatic carbocycles. The fourth-order valence-corrected chi connectivity index (χ4v) is 2.40. The fourth-order valence-electron chi connectivity index (χ4n) is 2.40. The van der Waals surface area contributed by atoms with Crippen molar-refractivity contribution in [1.82, 2.24) is 14.7 Å². The quantitative estimate of drug-likeness (QED) is 0.857. The minimum Gasteiger partial charge on any atom is -0.476 e. The standard InChI is InChI=1S/C15H14F3N3O3/c1-20(14(22)12-8-13-21(19-12)5-6-23-13)9-10-3-2-4-11(7-10)24-15(16,17)18/h2-4,7-8H,5-6,9H2,1H3. The van der Waals surface area contributed by atoms with Crippen LogP contribution in [0.15, 0.2) is 30.3 Å². The van der Waals surface area contributed by atoms with Gasteiger partial charge in [0.15, 0.2) is 5.69 Å². The smallest absolute Gasteiger partial charge is 0.476 e. The molecule has 1 aromatic heterocycles. The SMILES string of the molecule is CN(Cc1cccc(OC(F)(F)F)c1)C(=O)c1cc2n(n1)CCO2. The van der Waals surface area contributed by atoms with Crippen molar-refractivity contribution in [3.05, 3.63) is 41.6 Å². The normalized spacial score (nSPS) is 13.3. The molecule has 0 spiro atoms. The maximum atomic E-state index is 12.4. The van der Waals surface area contributed by atoms with E-state index in [0.717, 1.165) is 0 Å². The van der Waals surface area contributed by atoms with Crippen LogP contribution in [0.25, 0.3) is 0 Å². The predicted octanol–water partition coefficient (Wildman–Crippen LogP) is 2.45. The molecule has 0 saturated carbocycles. The highest BCUT2D eigenvalue weighted by atomic mass is 19.4. The highest BCUT2D eigenvalue weighted by Gasteiger charge is 2.31. The molecule has 0 atom stereocenters. The van der Waals surface area contributed by atoms with Crippen LogP contribution < -0.4 is 9.47 Å². The monoisotopic (exact) mass is 341 g/mol. The van der Waals surface area contributed by atoms with Crippen LogP contribution in [0.4, 0.5) is 13.2 Å². The van der Waals surface area contributed by atoms with Crippen molar-refractivity contribution in [2.45, 2.75) is 19.5 Å². The number of ether oxygens (including phenoxy) is 2. The van der Waals surface area contributed by atoms with Crippen LogP contribution in [-0.2, 0) is 13.1 Å². The van der Waals surface area contributed by atoms with Gasteiger partial charge in [0.2, 0.25) is 5.88 Å². The van der Waals surface area contributed by atoms with Crippen molar-refractivity contribution in [2.24, 2.45) is 0 Å². The fraction of sp³-hybridized carbons (Fsp3) is 0.333. The predicted molar refractivity (Wildman–Crippen MR) is 76.6 cm³/mol. The number of halogens is 3. The molecule has 0 radical (unpaired) electrons. The van der Waals surface area contributed by atoms with E-state index in [2.05, 4.69) is 9.84 Å². The van der Waals surface area contributed by atoms with Crippen molar-refractivity contribution >= 4 is 5.91 Å². The van der Waals surface area contributed by atoms with E-state index in [0.29, 0.717) is 24.6 Å². The molecule has 6 nitrogen and oxygen atoms in total. The van der Waals surface area contributed by atoms with E-state index < -0.39 is 6.36 Å². The zero-order chi connectivity index (χ0) is 17.3. The molecule has 1 aliphatic rings. The van der Waals surface area contributed by atoms with Gasteiger partial charge in [-0.3, -0.25) is 4.79 Å². The van der Waals surface area contributed by atoms with Gasteiger partial charge in [-0.2, -0.15) is 5.10 Å². The molecule has 0 N–H and O–H groups in total. The van der Waals surface area contributed by atoms with Gasteiger partial charge in [0, 0.05) is 19.7 Å². The van der Waals surface area contributed by atoms with E-state index in [-0.39, 0.29) is 23.9 Å². The second-order valence-corrected chi connectivity index (χ2v) is 5.30. The Balaban J connectivity index is 1.68. The van der Waals surface area contributed by atoms with Crippen LogP contribution in [0.5, 0.6) is 11.6 Å². The molecule has 9 heteroatoms. The lowest BCUT2D eigenvalue weighted by Gasteiger charge is -2.17. The Morgan fingerprint density at radius 1 is 1.42 bits per heavy atom. The van der Waals surface area contributed by atoms with E-state index in [9.17, 15) is 18.0 Å². The number of hydrogen-bond acceptors (Lipinski definition) is 4. The summed E-state index contributed by atoms with van der Waals surface area (Å²) >= 11 is 0. The topological polar surface area (TPSA) is 56.6 Å². The third kappa shape index (κ3) is 3.61. The second-order valence-electron chi connectivity index (χ2n) is 5.30. The van der Waals surface area contributed by atoms with Gasteiger partial charge in [-0.05, 0) is 17.7 Å². The van der Waals surface area contributed by atoms with Crippen molar-refractivity contribution in [1.29, 1.82) is 0 Å². The first kappa shape index (κ1) is 16.2. The summed E-state index contributed by atoms with van der Waals surface area (Å²) in [5.41, 5.74) is 0.741. The summed E-state index contributed by atoms with van der Waals surface area (Å²) in [5.74, 6) is -0.134. The van der Waals surface area contributed by atoms with Gasteiger partial charge in [0.25, 0.3) is 5.91 Å². The first-order valence-corrected chi connectivity index (χ1v) is 7.12. The Hall–Kier alpha value is -2.71. The molecule has 0 saturated heterocycles. The molecule has 1 amide bonds. The summed E-state index contributed by atoms with van der Waals surface area (Å²) in [6, 6.07) is 7.05. The number of hydrogen-bond donors (Lipinski definition) is 0. The van der Waals surface area contributed by atoms with E-state index in [1.807, 2.05) is 0 Å². The summed E-state index contributed by atoms with van der Waals surface area (Å²) in [6.45, 7) is 1.23. The van der Waals surface area contributed by atoms with Gasteiger partial charge in [0.05, 0.1) is 6.54 Å². The molecule has 0 bridgehead atoms. The Kier molecular flexibility index (Phi) is 4.08. The Labute approximate surface area is 135 Å². The summed E-state index contributed by atoms with van der Waals surface area (Å²) in [5, 5.41) is 4.15. The molecule has 3 rings (SSSR count). The molecular formula is C15H14F3N3O3. The Bertz CT molecular complexity index is 736. The lowest BCUT2D eigenvalue weighted by Crippen LogP contribution is -2.27. The first-order chi connectivity index (χ1) is 11.3. The molecule has 2 aromatic rings. The van der Waals surface area contributed by atoms with Crippen molar-refractivity contribution in [2.75, 3.05) is 13.7 Å². The lowest BCUT2D eigenvalue weighted by molar-refractivity contribution is -0.274. The number of benzene rings is 1. The highest BCUT2D eigenvalue weighted by Crippen LogP contribution is 2.24. The number of rotatable bonds is 4. The highest BCUT2D eigenvalue weighted by molar-refractivity contribution is 5.92. The molecule has 2 heterocycles. The Morgan fingerprint density at radius 2 is 2.21 bits per heavy atom. The molecule has 128 valence electrons. The third-order valence-corrected chi connectivity index (χ3v) is 3.41. The van der Waals surface area contributed by atoms with Crippen LogP contribution in [0.3, 0.4) is 0 Å². The molecular weight excluding hydrogens is 327 g/mol. The number of aromatic nitrogens is 2. The van der Waals surface area contributed by atoms with Crippen LogP contribution >= 0.6 is 0 Å². The second kappa shape index (κ2) is 6.06. The number of carbonyl (C=O) groups is 1. The minimum absolute atomic E-state index is 0.122. The van der Waals surface area contributed by atoms with Crippen molar-refractivity contribution in [3.63, 3.8) is 0 Å². The van der Waals surface area contributed by atoms with E-state index in [4.69, 9.17) is 4.74 Å². The van der Waals surface area contributed by atoms with Gasteiger partial charge in [-0.15, -0.1) is 13.2 Å². The number of amides is 1. The van der Waals surface area contributed by atoms with Crippen LogP contribution in [0.1, 0.15) is 16.1 Å². The molecule has 1 aromatic carbocycles. The Morgan fingerprint density at radius 3 is 2.92 bits per heavy atom. The van der Waals surface area contributed by atoms with E-state index in [1.165, 1.54) is 23.1 Å². The maximum Gasteiger partial charge on any atom is 0.573 e. The number of carbonyl (C=O) groups excluding carboxylic acids is 1. The van der Waals surface area contributed by atoms with Gasteiger partial charge in [-0.25, -0.2) is 4.68 Å². The molecule has 0 unspecified atom stereocenters. The van der Waals surface area contributed by atoms with Crippen LogP contribution in [0, 0.1) is 0 Å². The minimum atomic E-state index is -4.75. The van der Waals surface area contributed by atoms with Gasteiger partial charge < -0.3 is 14.4 Å². The van der Waals surface area contributed by atoms with Gasteiger partial charge >= 0.3 is 6.36 Å². The van der Waals surface area contributed by atoms with Gasteiger partial charge in [0.1, 0.15) is 12.4 Å². The third-order valence-electron chi connectivity index (χ3n) is 3.41. The first-order valence-electron chi connectivity index (χ1n) is 7.12. The number of fused-ring (bicyclic) bond motifs is 1. The average molecular weight is 341 g/mol. The van der Waals surface area contributed by atoms with Crippen LogP contribution in [0.2, 0.25) is 0 Å². The van der Waals surface area contributed by atoms with Crippen molar-refractivity contribution < 1.29 is 27.4 Å². The molecule has 0 fully saturated rings. The van der Waals surface area contributed by atoms with Crippen molar-refractivity contribution in [3.8, 4) is 11.6 Å². The maximum absolute atomic E-state index is 12.4. The average Bonchev–Trinajstić information content (AvgIpc) is 3.06. The summed E-state index contributed by atoms with van der Waals surface area (Å²) < 4.78 is 47.5. The molecule has 1 aliphatic heterocycles. The zero-order valence-electron chi connectivity index (χ0n) is 12.7. The largest absolute Gasteiger partial charge is 0.573 e.